The van der Waals surface area contributed by atoms with Crippen LogP contribution in [0.2, 0.25) is 10.0 Å². The molecule has 0 fully saturated rings. The molecule has 0 spiro atoms. The molecule has 0 aromatic heterocycles. The summed E-state index contributed by atoms with van der Waals surface area (Å²) >= 11 is 11.8. The first-order valence-electron chi connectivity index (χ1n) is 4.47. The maximum absolute atomic E-state index is 5.90. The molecule has 14 heavy (non-hydrogen) atoms. The summed E-state index contributed by atoms with van der Waals surface area (Å²) in [4.78, 5) is 0. The lowest BCUT2D eigenvalue weighted by molar-refractivity contribution is 0.589. The van der Waals surface area contributed by atoms with Crippen LogP contribution in [-0.4, -0.2) is 6.04 Å². The fourth-order valence-corrected chi connectivity index (χ4v) is 1.59. The van der Waals surface area contributed by atoms with Crippen LogP contribution in [0.4, 0.5) is 5.69 Å². The first-order valence-corrected chi connectivity index (χ1v) is 5.23. The van der Waals surface area contributed by atoms with Gasteiger partial charge in [-0.25, -0.2) is 0 Å². The molecule has 1 aromatic carbocycles. The van der Waals surface area contributed by atoms with Gasteiger partial charge in [-0.1, -0.05) is 37.0 Å². The third kappa shape index (κ3) is 3.05. The maximum atomic E-state index is 5.90. The number of nitrogens with one attached hydrogen (secondary N) is 1. The number of anilines is 1. The van der Waals surface area contributed by atoms with E-state index in [2.05, 4.69) is 19.2 Å². The van der Waals surface area contributed by atoms with Crippen molar-refractivity contribution >= 4 is 28.9 Å². The van der Waals surface area contributed by atoms with Crippen molar-refractivity contribution < 1.29 is 0 Å². The number of rotatable bonds is 3. The Morgan fingerprint density at radius 2 is 1.79 bits per heavy atom. The van der Waals surface area contributed by atoms with Crippen molar-refractivity contribution in [3.05, 3.63) is 27.7 Å². The fraction of sp³-hybridized carbons (Fsp3) is 0.400. The van der Waals surface area contributed by atoms with Crippen LogP contribution in [0.15, 0.2) is 12.1 Å². The van der Waals surface area contributed by atoms with Crippen LogP contribution in [0.5, 0.6) is 0 Å². The molecule has 0 saturated heterocycles. The summed E-state index contributed by atoms with van der Waals surface area (Å²) in [6, 6.07) is 4.10. The first-order chi connectivity index (χ1) is 6.50. The molecule has 78 valence electrons. The van der Waals surface area contributed by atoms with Crippen LogP contribution in [0.1, 0.15) is 19.4 Å². The van der Waals surface area contributed by atoms with Crippen molar-refractivity contribution in [3.8, 4) is 0 Å². The Kier molecular flexibility index (Phi) is 4.05. The second-order valence-electron chi connectivity index (χ2n) is 3.51. The van der Waals surface area contributed by atoms with Crippen LogP contribution >= 0.6 is 23.2 Å². The number of nitrogens with two attached hydrogens (primary N) is 1. The minimum atomic E-state index is 0.435. The normalized spacial score (nSPS) is 10.9. The van der Waals surface area contributed by atoms with E-state index in [1.165, 1.54) is 0 Å². The zero-order chi connectivity index (χ0) is 10.7. The summed E-state index contributed by atoms with van der Waals surface area (Å²) in [7, 11) is 0. The second-order valence-corrected chi connectivity index (χ2v) is 4.32. The van der Waals surface area contributed by atoms with Crippen molar-refractivity contribution in [2.45, 2.75) is 26.4 Å². The maximum Gasteiger partial charge on any atom is 0.0693 e. The van der Waals surface area contributed by atoms with Crippen molar-refractivity contribution in [2.24, 2.45) is 0 Å². The Morgan fingerprint density at radius 1 is 1.29 bits per heavy atom. The van der Waals surface area contributed by atoms with Gasteiger partial charge in [0.05, 0.1) is 15.7 Å². The lowest BCUT2D eigenvalue weighted by Gasteiger charge is -2.10. The summed E-state index contributed by atoms with van der Waals surface area (Å²) in [6.45, 7) is 4.92. The quantitative estimate of drug-likeness (QED) is 0.787. The van der Waals surface area contributed by atoms with Crippen molar-refractivity contribution in [1.29, 1.82) is 0 Å². The van der Waals surface area contributed by atoms with Crippen molar-refractivity contribution in [1.82, 2.24) is 5.32 Å². The molecular formula is C10H14Cl2N2. The molecule has 4 heteroatoms. The average Bonchev–Trinajstić information content (AvgIpc) is 2.10. The Balaban J connectivity index is 2.79. The Labute approximate surface area is 94.4 Å². The fourth-order valence-electron chi connectivity index (χ4n) is 1.06. The van der Waals surface area contributed by atoms with Crippen molar-refractivity contribution in [2.75, 3.05) is 5.73 Å². The van der Waals surface area contributed by atoms with Gasteiger partial charge in [0.1, 0.15) is 0 Å². The number of halogens is 2. The van der Waals surface area contributed by atoms with Gasteiger partial charge in [-0.2, -0.15) is 0 Å². The molecule has 2 nitrogen and oxygen atoms in total. The molecule has 0 amide bonds. The zero-order valence-electron chi connectivity index (χ0n) is 8.27. The van der Waals surface area contributed by atoms with E-state index in [0.29, 0.717) is 21.8 Å². The molecule has 0 aliphatic rings. The third-order valence-corrected chi connectivity index (χ3v) is 2.48. The minimum Gasteiger partial charge on any atom is -0.396 e. The Hall–Kier alpha value is -0.440. The van der Waals surface area contributed by atoms with E-state index in [1.807, 2.05) is 12.1 Å². The molecular weight excluding hydrogens is 219 g/mol. The van der Waals surface area contributed by atoms with Crippen LogP contribution in [0, 0.1) is 0 Å². The molecule has 0 saturated carbocycles. The summed E-state index contributed by atoms with van der Waals surface area (Å²) in [6.07, 6.45) is 0. The standard InChI is InChI=1S/C10H14Cl2N2/c1-6(2)14-5-7-3-8(11)10(13)9(12)4-7/h3-4,6,14H,5,13H2,1-2H3. The van der Waals surface area contributed by atoms with Gasteiger partial charge in [-0.3, -0.25) is 0 Å². The van der Waals surface area contributed by atoms with E-state index in [1.54, 1.807) is 0 Å². The van der Waals surface area contributed by atoms with E-state index in [-0.39, 0.29) is 0 Å². The van der Waals surface area contributed by atoms with Crippen LogP contribution in [0.3, 0.4) is 0 Å². The SMILES string of the molecule is CC(C)NCc1cc(Cl)c(N)c(Cl)c1. The Bertz CT molecular complexity index is 301. The van der Waals surface area contributed by atoms with E-state index < -0.39 is 0 Å². The summed E-state index contributed by atoms with van der Waals surface area (Å²) in [5, 5.41) is 4.30. The first kappa shape index (κ1) is 11.6. The molecule has 0 aliphatic carbocycles. The van der Waals surface area contributed by atoms with Gasteiger partial charge in [0, 0.05) is 12.6 Å². The van der Waals surface area contributed by atoms with E-state index >= 15 is 0 Å². The molecule has 0 radical (unpaired) electrons. The Morgan fingerprint density at radius 3 is 2.21 bits per heavy atom. The smallest absolute Gasteiger partial charge is 0.0693 e. The predicted octanol–water partition coefficient (Wildman–Crippen LogP) is 3.07. The molecule has 1 rings (SSSR count). The van der Waals surface area contributed by atoms with E-state index in [9.17, 15) is 0 Å². The highest BCUT2D eigenvalue weighted by Gasteiger charge is 2.04. The van der Waals surface area contributed by atoms with Crippen LogP contribution in [-0.2, 0) is 6.54 Å². The predicted molar refractivity (Wildman–Crippen MR) is 62.9 cm³/mol. The van der Waals surface area contributed by atoms with Crippen LogP contribution in [0.25, 0.3) is 0 Å². The number of hydrogen-bond acceptors (Lipinski definition) is 2. The molecule has 0 unspecified atom stereocenters. The molecule has 0 bridgehead atoms. The average molecular weight is 233 g/mol. The molecule has 3 N–H and O–H groups in total. The third-order valence-electron chi connectivity index (χ3n) is 1.85. The summed E-state index contributed by atoms with van der Waals surface area (Å²) in [5.74, 6) is 0. The number of hydrogen-bond donors (Lipinski definition) is 2. The van der Waals surface area contributed by atoms with Gasteiger partial charge in [-0.15, -0.1) is 0 Å². The van der Waals surface area contributed by atoms with Gasteiger partial charge < -0.3 is 11.1 Å². The highest BCUT2D eigenvalue weighted by atomic mass is 35.5. The van der Waals surface area contributed by atoms with E-state index in [0.717, 1.165) is 12.1 Å². The van der Waals surface area contributed by atoms with Gasteiger partial charge in [0.2, 0.25) is 0 Å². The van der Waals surface area contributed by atoms with Crippen LogP contribution < -0.4 is 11.1 Å². The second kappa shape index (κ2) is 4.87. The highest BCUT2D eigenvalue weighted by molar-refractivity contribution is 6.38. The molecule has 1 aromatic rings. The summed E-state index contributed by atoms with van der Waals surface area (Å²) < 4.78 is 0. The van der Waals surface area contributed by atoms with Gasteiger partial charge in [-0.05, 0) is 17.7 Å². The summed E-state index contributed by atoms with van der Waals surface area (Å²) in [5.41, 5.74) is 7.11. The lowest BCUT2D eigenvalue weighted by atomic mass is 10.2. The highest BCUT2D eigenvalue weighted by Crippen LogP contribution is 2.28. The van der Waals surface area contributed by atoms with Gasteiger partial charge in [0.15, 0.2) is 0 Å². The molecule has 0 heterocycles. The van der Waals surface area contributed by atoms with E-state index in [4.69, 9.17) is 28.9 Å². The lowest BCUT2D eigenvalue weighted by Crippen LogP contribution is -2.21. The van der Waals surface area contributed by atoms with Gasteiger partial charge in [0.25, 0.3) is 0 Å². The number of benzene rings is 1. The molecule has 0 aliphatic heterocycles. The molecule has 0 atom stereocenters. The largest absolute Gasteiger partial charge is 0.396 e. The minimum absolute atomic E-state index is 0.435. The van der Waals surface area contributed by atoms with Gasteiger partial charge >= 0.3 is 0 Å². The number of nitrogen functional groups attached to an aromatic ring is 1. The van der Waals surface area contributed by atoms with Crippen molar-refractivity contribution in [3.63, 3.8) is 0 Å². The topological polar surface area (TPSA) is 38.0 Å². The monoisotopic (exact) mass is 232 g/mol. The zero-order valence-corrected chi connectivity index (χ0v) is 9.78.